The third-order valence-electron chi connectivity index (χ3n) is 3.85. The number of halogens is 1. The molecule has 3 nitrogen and oxygen atoms in total. The first-order chi connectivity index (χ1) is 8.16. The highest BCUT2D eigenvalue weighted by molar-refractivity contribution is 6.63. The lowest BCUT2D eigenvalue weighted by Crippen LogP contribution is -2.41. The SMILES string of the molecule is Cc1ccc(B2OC(C)(C)C(C)(C)O2)c(O)c1Cl. The molecule has 0 amide bonds. The summed E-state index contributed by atoms with van der Waals surface area (Å²) in [7, 11) is -0.590. The molecule has 1 aliphatic heterocycles. The zero-order chi connectivity index (χ0) is 13.7. The van der Waals surface area contributed by atoms with E-state index in [0.29, 0.717) is 10.5 Å². The topological polar surface area (TPSA) is 38.7 Å². The molecule has 0 radical (unpaired) electrons. The predicted molar refractivity (Wildman–Crippen MR) is 73.6 cm³/mol. The van der Waals surface area contributed by atoms with Crippen LogP contribution in [-0.4, -0.2) is 23.4 Å². The monoisotopic (exact) mass is 268 g/mol. The van der Waals surface area contributed by atoms with E-state index in [1.54, 1.807) is 6.07 Å². The fourth-order valence-electron chi connectivity index (χ4n) is 1.84. The second kappa shape index (κ2) is 4.15. The minimum absolute atomic E-state index is 0.0372. The smallest absolute Gasteiger partial charge is 0.498 e. The summed E-state index contributed by atoms with van der Waals surface area (Å²) in [6.45, 7) is 9.73. The maximum atomic E-state index is 10.1. The fraction of sp³-hybridized carbons (Fsp3) is 0.538. The Kier molecular flexibility index (Phi) is 3.17. The number of hydrogen-bond acceptors (Lipinski definition) is 3. The molecule has 1 aliphatic rings. The largest absolute Gasteiger partial charge is 0.507 e. The van der Waals surface area contributed by atoms with Crippen LogP contribution in [0.3, 0.4) is 0 Å². The second-order valence-electron chi connectivity index (χ2n) is 5.72. The maximum absolute atomic E-state index is 10.1. The van der Waals surface area contributed by atoms with E-state index in [1.807, 2.05) is 40.7 Å². The van der Waals surface area contributed by atoms with Gasteiger partial charge in [0.1, 0.15) is 5.75 Å². The number of phenolic OH excluding ortho intramolecular Hbond substituents is 1. The zero-order valence-electron chi connectivity index (χ0n) is 11.4. The molecule has 1 N–H and O–H groups in total. The highest BCUT2D eigenvalue weighted by Gasteiger charge is 2.52. The van der Waals surface area contributed by atoms with Crippen LogP contribution in [0, 0.1) is 6.92 Å². The fourth-order valence-corrected chi connectivity index (χ4v) is 2.01. The Bertz CT molecular complexity index is 469. The first-order valence-electron chi connectivity index (χ1n) is 5.99. The molecule has 98 valence electrons. The molecule has 0 aromatic heterocycles. The van der Waals surface area contributed by atoms with Gasteiger partial charge in [-0.05, 0) is 40.2 Å². The lowest BCUT2D eigenvalue weighted by atomic mass is 9.78. The molecule has 0 unspecified atom stereocenters. The van der Waals surface area contributed by atoms with Crippen LogP contribution in [0.1, 0.15) is 33.3 Å². The van der Waals surface area contributed by atoms with Gasteiger partial charge in [-0.2, -0.15) is 0 Å². The highest BCUT2D eigenvalue weighted by Crippen LogP contribution is 2.38. The first-order valence-corrected chi connectivity index (χ1v) is 6.37. The van der Waals surface area contributed by atoms with Crippen molar-refractivity contribution in [3.8, 4) is 5.75 Å². The summed E-state index contributed by atoms with van der Waals surface area (Å²) in [4.78, 5) is 0. The van der Waals surface area contributed by atoms with Crippen LogP contribution in [0.25, 0.3) is 0 Å². The van der Waals surface area contributed by atoms with Crippen molar-refractivity contribution in [1.29, 1.82) is 0 Å². The Morgan fingerprint density at radius 1 is 1.11 bits per heavy atom. The Morgan fingerprint density at radius 3 is 2.11 bits per heavy atom. The van der Waals surface area contributed by atoms with Gasteiger partial charge in [-0.15, -0.1) is 0 Å². The van der Waals surface area contributed by atoms with Crippen molar-refractivity contribution < 1.29 is 14.4 Å². The van der Waals surface area contributed by atoms with Crippen molar-refractivity contribution in [2.45, 2.75) is 45.8 Å². The summed E-state index contributed by atoms with van der Waals surface area (Å²) in [5, 5.41) is 10.4. The molecular weight excluding hydrogens is 250 g/mol. The van der Waals surface area contributed by atoms with Crippen LogP contribution in [0.5, 0.6) is 5.75 Å². The van der Waals surface area contributed by atoms with Gasteiger partial charge >= 0.3 is 7.12 Å². The van der Waals surface area contributed by atoms with Crippen LogP contribution in [-0.2, 0) is 9.31 Å². The standard InChI is InChI=1S/C13H18BClO3/c1-8-6-7-9(11(16)10(8)15)14-17-12(2,3)13(4,5)18-14/h6-7,16H,1-5H3. The quantitative estimate of drug-likeness (QED) is 0.796. The molecule has 1 saturated heterocycles. The molecular formula is C13H18BClO3. The molecule has 0 spiro atoms. The lowest BCUT2D eigenvalue weighted by Gasteiger charge is -2.32. The predicted octanol–water partition coefficient (Wildman–Crippen LogP) is 2.65. The Hall–Kier alpha value is -0.705. The van der Waals surface area contributed by atoms with Gasteiger partial charge in [-0.25, -0.2) is 0 Å². The van der Waals surface area contributed by atoms with Crippen LogP contribution in [0.15, 0.2) is 12.1 Å². The van der Waals surface area contributed by atoms with Gasteiger partial charge in [0, 0.05) is 5.46 Å². The number of hydrogen-bond donors (Lipinski definition) is 1. The highest BCUT2D eigenvalue weighted by atomic mass is 35.5. The average molecular weight is 269 g/mol. The summed E-state index contributed by atoms with van der Waals surface area (Å²) in [5.41, 5.74) is 0.543. The number of rotatable bonds is 1. The van der Waals surface area contributed by atoms with Gasteiger partial charge in [-0.1, -0.05) is 23.7 Å². The van der Waals surface area contributed by atoms with Crippen molar-refractivity contribution in [2.24, 2.45) is 0 Å². The second-order valence-corrected chi connectivity index (χ2v) is 6.10. The molecule has 0 aliphatic carbocycles. The summed E-state index contributed by atoms with van der Waals surface area (Å²) in [5.74, 6) is 0.0372. The minimum atomic E-state index is -0.590. The molecule has 1 aromatic rings. The molecule has 18 heavy (non-hydrogen) atoms. The lowest BCUT2D eigenvalue weighted by molar-refractivity contribution is 0.00578. The zero-order valence-corrected chi connectivity index (χ0v) is 12.1. The van der Waals surface area contributed by atoms with Crippen molar-refractivity contribution in [2.75, 3.05) is 0 Å². The minimum Gasteiger partial charge on any atom is -0.507 e. The molecule has 0 saturated carbocycles. The summed E-state index contributed by atoms with van der Waals surface area (Å²) >= 11 is 6.04. The van der Waals surface area contributed by atoms with E-state index < -0.39 is 18.3 Å². The summed E-state index contributed by atoms with van der Waals surface area (Å²) in [6, 6.07) is 3.64. The van der Waals surface area contributed by atoms with Crippen molar-refractivity contribution >= 4 is 24.2 Å². The molecule has 0 atom stereocenters. The molecule has 0 bridgehead atoms. The summed E-state index contributed by atoms with van der Waals surface area (Å²) < 4.78 is 11.8. The Labute approximate surface area is 113 Å². The molecule has 5 heteroatoms. The van der Waals surface area contributed by atoms with Crippen molar-refractivity contribution in [1.82, 2.24) is 0 Å². The van der Waals surface area contributed by atoms with Crippen LogP contribution in [0.4, 0.5) is 0 Å². The maximum Gasteiger partial charge on any atom is 0.498 e. The Balaban J connectivity index is 2.39. The van der Waals surface area contributed by atoms with Gasteiger partial charge in [0.05, 0.1) is 16.2 Å². The van der Waals surface area contributed by atoms with E-state index in [0.717, 1.165) is 5.56 Å². The third kappa shape index (κ3) is 2.02. The Morgan fingerprint density at radius 2 is 1.61 bits per heavy atom. The number of benzene rings is 1. The van der Waals surface area contributed by atoms with Crippen molar-refractivity contribution in [3.05, 3.63) is 22.7 Å². The third-order valence-corrected chi connectivity index (χ3v) is 4.32. The summed E-state index contributed by atoms with van der Waals surface area (Å²) in [6.07, 6.45) is 0. The van der Waals surface area contributed by atoms with Gasteiger partial charge < -0.3 is 14.4 Å². The van der Waals surface area contributed by atoms with Gasteiger partial charge in [0.2, 0.25) is 0 Å². The van der Waals surface area contributed by atoms with Gasteiger partial charge in [0.15, 0.2) is 0 Å². The average Bonchev–Trinajstić information content (AvgIpc) is 2.45. The first kappa shape index (κ1) is 13.7. The van der Waals surface area contributed by atoms with Gasteiger partial charge in [0.25, 0.3) is 0 Å². The van der Waals surface area contributed by atoms with Gasteiger partial charge in [-0.3, -0.25) is 0 Å². The number of aromatic hydroxyl groups is 1. The molecule has 2 rings (SSSR count). The van der Waals surface area contributed by atoms with E-state index in [-0.39, 0.29) is 5.75 Å². The molecule has 1 aromatic carbocycles. The normalized spacial score (nSPS) is 21.3. The van der Waals surface area contributed by atoms with E-state index in [1.165, 1.54) is 0 Å². The van der Waals surface area contributed by atoms with E-state index >= 15 is 0 Å². The molecule has 1 fully saturated rings. The molecule has 1 heterocycles. The van der Waals surface area contributed by atoms with Crippen molar-refractivity contribution in [3.63, 3.8) is 0 Å². The number of aryl methyl sites for hydroxylation is 1. The van der Waals surface area contributed by atoms with Crippen LogP contribution in [0.2, 0.25) is 5.02 Å². The number of phenols is 1. The van der Waals surface area contributed by atoms with E-state index in [2.05, 4.69) is 0 Å². The van der Waals surface area contributed by atoms with Crippen LogP contribution < -0.4 is 5.46 Å². The van der Waals surface area contributed by atoms with E-state index in [9.17, 15) is 5.11 Å². The van der Waals surface area contributed by atoms with E-state index in [4.69, 9.17) is 20.9 Å². The van der Waals surface area contributed by atoms with Crippen LogP contribution >= 0.6 is 11.6 Å².